The molecule has 1 fully saturated rings. The number of benzene rings is 1. The van der Waals surface area contributed by atoms with Gasteiger partial charge in [0.2, 0.25) is 0 Å². The Bertz CT molecular complexity index is 388. The second-order valence-corrected chi connectivity index (χ2v) is 5.82. The molecule has 1 saturated heterocycles. The highest BCUT2D eigenvalue weighted by atomic mass is 16.5. The van der Waals surface area contributed by atoms with Crippen LogP contribution in [0.4, 0.5) is 0 Å². The van der Waals surface area contributed by atoms with Gasteiger partial charge in [-0.15, -0.1) is 0 Å². The fourth-order valence-electron chi connectivity index (χ4n) is 3.13. The van der Waals surface area contributed by atoms with Crippen molar-refractivity contribution in [1.82, 2.24) is 4.90 Å². The largest absolute Gasteiger partial charge is 0.497 e. The van der Waals surface area contributed by atoms with Crippen LogP contribution in [0.25, 0.3) is 0 Å². The molecule has 19 heavy (non-hydrogen) atoms. The summed E-state index contributed by atoms with van der Waals surface area (Å²) in [5.74, 6) is 1.67. The highest BCUT2D eigenvalue weighted by Gasteiger charge is 2.27. The number of ether oxygens (including phenoxy) is 1. The molecule has 0 spiro atoms. The molecule has 0 amide bonds. The van der Waals surface area contributed by atoms with Crippen molar-refractivity contribution in [2.45, 2.75) is 38.8 Å². The minimum Gasteiger partial charge on any atom is -0.497 e. The van der Waals surface area contributed by atoms with Crippen LogP contribution < -0.4 is 10.5 Å². The Morgan fingerprint density at radius 3 is 2.53 bits per heavy atom. The Hall–Kier alpha value is -1.06. The average Bonchev–Trinajstić information content (AvgIpc) is 2.39. The van der Waals surface area contributed by atoms with Gasteiger partial charge in [0.05, 0.1) is 7.11 Å². The van der Waals surface area contributed by atoms with E-state index in [9.17, 15) is 0 Å². The van der Waals surface area contributed by atoms with E-state index in [-0.39, 0.29) is 6.04 Å². The fourth-order valence-corrected chi connectivity index (χ4v) is 3.13. The van der Waals surface area contributed by atoms with Crippen molar-refractivity contribution < 1.29 is 4.74 Å². The molecule has 0 saturated carbocycles. The van der Waals surface area contributed by atoms with E-state index in [1.165, 1.54) is 18.4 Å². The van der Waals surface area contributed by atoms with E-state index < -0.39 is 0 Å². The monoisotopic (exact) mass is 262 g/mol. The normalized spacial score (nSPS) is 23.9. The molecule has 1 aliphatic rings. The second-order valence-electron chi connectivity index (χ2n) is 5.82. The molecule has 0 radical (unpaired) electrons. The van der Waals surface area contributed by atoms with Gasteiger partial charge in [-0.2, -0.15) is 0 Å². The molecule has 1 heterocycles. The zero-order chi connectivity index (χ0) is 13.8. The van der Waals surface area contributed by atoms with Gasteiger partial charge in [-0.05, 0) is 49.9 Å². The number of rotatable bonds is 4. The number of hydrogen-bond acceptors (Lipinski definition) is 3. The molecule has 1 aromatic rings. The van der Waals surface area contributed by atoms with Crippen LogP contribution in [-0.2, 0) is 0 Å². The first kappa shape index (κ1) is 14.4. The van der Waals surface area contributed by atoms with Gasteiger partial charge in [-0.1, -0.05) is 19.1 Å². The molecule has 3 nitrogen and oxygen atoms in total. The first-order valence-electron chi connectivity index (χ1n) is 7.25. The number of methoxy groups -OCH3 is 1. The van der Waals surface area contributed by atoms with Crippen LogP contribution in [0.15, 0.2) is 24.3 Å². The molecule has 106 valence electrons. The zero-order valence-corrected chi connectivity index (χ0v) is 12.3. The smallest absolute Gasteiger partial charge is 0.118 e. The lowest BCUT2D eigenvalue weighted by molar-refractivity contribution is 0.116. The Labute approximate surface area is 116 Å². The molecule has 1 aromatic carbocycles. The Kier molecular flexibility index (Phi) is 4.83. The molecule has 1 aliphatic heterocycles. The predicted molar refractivity (Wildman–Crippen MR) is 79.4 cm³/mol. The van der Waals surface area contributed by atoms with Crippen LogP contribution in [0.5, 0.6) is 5.75 Å². The SMILES string of the molecule is COc1ccc(C(C(C)N)N2CCCC(C)C2)cc1. The highest BCUT2D eigenvalue weighted by Crippen LogP contribution is 2.29. The van der Waals surface area contributed by atoms with Gasteiger partial charge in [0.15, 0.2) is 0 Å². The average molecular weight is 262 g/mol. The number of hydrogen-bond donors (Lipinski definition) is 1. The van der Waals surface area contributed by atoms with Gasteiger partial charge < -0.3 is 10.5 Å². The van der Waals surface area contributed by atoms with Crippen molar-refractivity contribution in [1.29, 1.82) is 0 Å². The Morgan fingerprint density at radius 2 is 2.00 bits per heavy atom. The first-order chi connectivity index (χ1) is 9.11. The lowest BCUT2D eigenvalue weighted by atomic mass is 9.93. The standard InChI is InChI=1S/C16H26N2O/c1-12-5-4-10-18(11-12)16(13(2)17)14-6-8-15(19-3)9-7-14/h6-9,12-13,16H,4-5,10-11,17H2,1-3H3. The van der Waals surface area contributed by atoms with E-state index in [0.717, 1.165) is 24.8 Å². The van der Waals surface area contributed by atoms with E-state index in [1.807, 2.05) is 12.1 Å². The molecular weight excluding hydrogens is 236 g/mol. The van der Waals surface area contributed by atoms with Crippen LogP contribution in [0, 0.1) is 5.92 Å². The third kappa shape index (κ3) is 3.48. The summed E-state index contributed by atoms with van der Waals surface area (Å²) in [6, 6.07) is 8.79. The minimum absolute atomic E-state index is 0.138. The third-order valence-electron chi connectivity index (χ3n) is 4.04. The van der Waals surface area contributed by atoms with E-state index in [4.69, 9.17) is 10.5 Å². The van der Waals surface area contributed by atoms with Gasteiger partial charge in [0.25, 0.3) is 0 Å². The molecule has 2 N–H and O–H groups in total. The van der Waals surface area contributed by atoms with Gasteiger partial charge in [-0.3, -0.25) is 4.90 Å². The molecule has 2 rings (SSSR count). The maximum Gasteiger partial charge on any atom is 0.118 e. The molecule has 3 unspecified atom stereocenters. The van der Waals surface area contributed by atoms with E-state index >= 15 is 0 Å². The third-order valence-corrected chi connectivity index (χ3v) is 4.04. The van der Waals surface area contributed by atoms with Gasteiger partial charge in [-0.25, -0.2) is 0 Å². The van der Waals surface area contributed by atoms with Crippen molar-refractivity contribution in [2.24, 2.45) is 11.7 Å². The van der Waals surface area contributed by atoms with Crippen molar-refractivity contribution in [3.63, 3.8) is 0 Å². The fraction of sp³-hybridized carbons (Fsp3) is 0.625. The van der Waals surface area contributed by atoms with Crippen LogP contribution in [-0.4, -0.2) is 31.1 Å². The number of likely N-dealkylation sites (tertiary alicyclic amines) is 1. The predicted octanol–water partition coefficient (Wildman–Crippen LogP) is 2.82. The molecular formula is C16H26N2O. The highest BCUT2D eigenvalue weighted by molar-refractivity contribution is 5.30. The summed E-state index contributed by atoms with van der Waals surface area (Å²) in [5.41, 5.74) is 7.54. The van der Waals surface area contributed by atoms with Gasteiger partial charge in [0, 0.05) is 18.6 Å². The van der Waals surface area contributed by atoms with Crippen LogP contribution in [0.2, 0.25) is 0 Å². The summed E-state index contributed by atoms with van der Waals surface area (Å²) in [4.78, 5) is 2.54. The molecule has 3 atom stereocenters. The Balaban J connectivity index is 2.18. The summed E-state index contributed by atoms with van der Waals surface area (Å²) in [5, 5.41) is 0. The molecule has 3 heteroatoms. The minimum atomic E-state index is 0.138. The zero-order valence-electron chi connectivity index (χ0n) is 12.3. The van der Waals surface area contributed by atoms with Crippen LogP contribution >= 0.6 is 0 Å². The second kappa shape index (κ2) is 6.40. The van der Waals surface area contributed by atoms with E-state index in [1.54, 1.807) is 7.11 Å². The summed E-state index contributed by atoms with van der Waals surface area (Å²) in [7, 11) is 1.70. The maximum absolute atomic E-state index is 6.24. The van der Waals surface area contributed by atoms with Crippen molar-refractivity contribution in [3.05, 3.63) is 29.8 Å². The maximum atomic E-state index is 6.24. The number of nitrogens with two attached hydrogens (primary N) is 1. The van der Waals surface area contributed by atoms with E-state index in [2.05, 4.69) is 30.9 Å². The summed E-state index contributed by atoms with van der Waals surface area (Å²) < 4.78 is 5.23. The lowest BCUT2D eigenvalue weighted by Crippen LogP contribution is -2.44. The number of piperidine rings is 1. The lowest BCUT2D eigenvalue weighted by Gasteiger charge is -2.39. The van der Waals surface area contributed by atoms with Gasteiger partial charge >= 0.3 is 0 Å². The first-order valence-corrected chi connectivity index (χ1v) is 7.25. The van der Waals surface area contributed by atoms with Crippen LogP contribution in [0.3, 0.4) is 0 Å². The topological polar surface area (TPSA) is 38.5 Å². The van der Waals surface area contributed by atoms with Crippen molar-refractivity contribution in [3.8, 4) is 5.75 Å². The molecule has 0 aromatic heterocycles. The Morgan fingerprint density at radius 1 is 1.32 bits per heavy atom. The molecule has 0 bridgehead atoms. The van der Waals surface area contributed by atoms with E-state index in [0.29, 0.717) is 6.04 Å². The summed E-state index contributed by atoms with van der Waals surface area (Å²) in [6.45, 7) is 6.74. The van der Waals surface area contributed by atoms with Crippen LogP contribution in [0.1, 0.15) is 38.3 Å². The molecule has 0 aliphatic carbocycles. The summed E-state index contributed by atoms with van der Waals surface area (Å²) >= 11 is 0. The van der Waals surface area contributed by atoms with Crippen molar-refractivity contribution in [2.75, 3.05) is 20.2 Å². The number of nitrogens with zero attached hydrogens (tertiary/aromatic N) is 1. The summed E-state index contributed by atoms with van der Waals surface area (Å²) in [6.07, 6.45) is 2.62. The van der Waals surface area contributed by atoms with Crippen molar-refractivity contribution >= 4 is 0 Å². The van der Waals surface area contributed by atoms with Gasteiger partial charge in [0.1, 0.15) is 5.75 Å². The quantitative estimate of drug-likeness (QED) is 0.907.